The van der Waals surface area contributed by atoms with Crippen molar-refractivity contribution in [2.75, 3.05) is 17.3 Å². The third-order valence-corrected chi connectivity index (χ3v) is 6.58. The van der Waals surface area contributed by atoms with Gasteiger partial charge in [0.1, 0.15) is 10.8 Å². The fraction of sp³-hybridized carbons (Fsp3) is 0.500. The van der Waals surface area contributed by atoms with Crippen LogP contribution in [0.15, 0.2) is 24.3 Å². The number of fused-ring (bicyclic) bond motifs is 1. The highest BCUT2D eigenvalue weighted by Gasteiger charge is 2.43. The van der Waals surface area contributed by atoms with Crippen molar-refractivity contribution in [2.45, 2.75) is 30.1 Å². The topological polar surface area (TPSA) is 66.4 Å². The van der Waals surface area contributed by atoms with E-state index in [0.29, 0.717) is 12.8 Å². The first kappa shape index (κ1) is 15.7. The van der Waals surface area contributed by atoms with E-state index in [0.717, 1.165) is 29.2 Å². The molecule has 4 nitrogen and oxygen atoms in total. The second-order valence-corrected chi connectivity index (χ2v) is 8.13. The van der Waals surface area contributed by atoms with Crippen LogP contribution in [0.2, 0.25) is 0 Å². The third kappa shape index (κ3) is 2.99. The molecular formula is C16H19NO3S2. The summed E-state index contributed by atoms with van der Waals surface area (Å²) < 4.78 is 0. The number of benzene rings is 1. The van der Waals surface area contributed by atoms with E-state index in [1.54, 1.807) is 23.5 Å². The lowest BCUT2D eigenvalue weighted by atomic mass is 9.91. The molecule has 0 saturated carbocycles. The van der Waals surface area contributed by atoms with Gasteiger partial charge in [-0.2, -0.15) is 11.8 Å². The fourth-order valence-corrected chi connectivity index (χ4v) is 5.41. The van der Waals surface area contributed by atoms with E-state index in [9.17, 15) is 14.7 Å². The lowest BCUT2D eigenvalue weighted by Gasteiger charge is -2.35. The molecule has 1 atom stereocenters. The zero-order valence-corrected chi connectivity index (χ0v) is 13.8. The lowest BCUT2D eigenvalue weighted by Crippen LogP contribution is -2.57. The van der Waals surface area contributed by atoms with Crippen LogP contribution in [0.4, 0.5) is 0 Å². The van der Waals surface area contributed by atoms with Crippen LogP contribution in [0.5, 0.6) is 0 Å². The van der Waals surface area contributed by atoms with Crippen molar-refractivity contribution in [2.24, 2.45) is 0 Å². The van der Waals surface area contributed by atoms with E-state index in [-0.39, 0.29) is 11.2 Å². The molecule has 118 valence electrons. The number of hydrogen-bond donors (Lipinski definition) is 2. The molecule has 22 heavy (non-hydrogen) atoms. The first-order valence-corrected chi connectivity index (χ1v) is 9.65. The zero-order chi connectivity index (χ0) is 15.6. The highest BCUT2D eigenvalue weighted by molar-refractivity contribution is 8.00. The van der Waals surface area contributed by atoms with E-state index in [4.69, 9.17) is 0 Å². The monoisotopic (exact) mass is 337 g/mol. The minimum atomic E-state index is -1.09. The van der Waals surface area contributed by atoms with E-state index in [1.165, 1.54) is 5.56 Å². The Kier molecular flexibility index (Phi) is 4.68. The Balaban J connectivity index is 1.81. The van der Waals surface area contributed by atoms with Crippen molar-refractivity contribution in [1.29, 1.82) is 0 Å². The second-order valence-electron chi connectivity index (χ2n) is 5.69. The Hall–Kier alpha value is -1.14. The third-order valence-electron chi connectivity index (χ3n) is 4.35. The Labute approximate surface area is 138 Å². The number of nitrogens with one attached hydrogen (secondary N) is 1. The molecule has 1 aromatic carbocycles. The quantitative estimate of drug-likeness (QED) is 0.887. The highest BCUT2D eigenvalue weighted by atomic mass is 32.2. The van der Waals surface area contributed by atoms with Crippen LogP contribution in [-0.2, 0) is 16.0 Å². The summed E-state index contributed by atoms with van der Waals surface area (Å²) in [7, 11) is 0. The number of amides is 1. The Morgan fingerprint density at radius 1 is 1.18 bits per heavy atom. The van der Waals surface area contributed by atoms with Crippen molar-refractivity contribution in [3.8, 4) is 0 Å². The number of rotatable bonds is 3. The zero-order valence-electron chi connectivity index (χ0n) is 12.2. The van der Waals surface area contributed by atoms with Gasteiger partial charge in [-0.15, -0.1) is 11.8 Å². The molecule has 2 aliphatic heterocycles. The van der Waals surface area contributed by atoms with Gasteiger partial charge in [0.25, 0.3) is 0 Å². The van der Waals surface area contributed by atoms with Gasteiger partial charge in [0.05, 0.1) is 0 Å². The molecule has 0 aromatic heterocycles. The van der Waals surface area contributed by atoms with Gasteiger partial charge >= 0.3 is 5.97 Å². The standard InChI is InChI=1S/C16H19NO3S2/c18-14(17-16(15(19)20)6-9-21-10-7-16)13-12-4-2-1-3-11(12)5-8-22-13/h1-4,13H,5-10H2,(H,17,18)(H,19,20). The Morgan fingerprint density at radius 2 is 1.91 bits per heavy atom. The number of carbonyl (C=O) groups excluding carboxylic acids is 1. The predicted octanol–water partition coefficient (Wildman–Crippen LogP) is 2.48. The maximum absolute atomic E-state index is 12.7. The molecule has 2 N–H and O–H groups in total. The molecule has 2 heterocycles. The predicted molar refractivity (Wildman–Crippen MR) is 90.4 cm³/mol. The first-order chi connectivity index (χ1) is 10.6. The van der Waals surface area contributed by atoms with Crippen LogP contribution in [0.1, 0.15) is 29.2 Å². The van der Waals surface area contributed by atoms with Crippen LogP contribution in [0, 0.1) is 0 Å². The highest BCUT2D eigenvalue weighted by Crippen LogP contribution is 2.38. The van der Waals surface area contributed by atoms with E-state index >= 15 is 0 Å². The summed E-state index contributed by atoms with van der Waals surface area (Å²) in [6.45, 7) is 0. The molecule has 1 amide bonds. The number of carboxylic acid groups (broad SMARTS) is 1. The minimum absolute atomic E-state index is 0.161. The summed E-state index contributed by atoms with van der Waals surface area (Å²) in [5.41, 5.74) is 1.14. The molecule has 0 spiro atoms. The van der Waals surface area contributed by atoms with Gasteiger partial charge < -0.3 is 10.4 Å². The maximum atomic E-state index is 12.7. The SMILES string of the molecule is O=C(NC1(C(=O)O)CCSCC1)C1SCCc2ccccc21. The number of aryl methyl sites for hydroxylation is 1. The number of carboxylic acids is 1. The molecule has 1 unspecified atom stereocenters. The fourth-order valence-electron chi connectivity index (χ4n) is 3.02. The van der Waals surface area contributed by atoms with Crippen molar-refractivity contribution in [1.82, 2.24) is 5.32 Å². The molecule has 0 bridgehead atoms. The smallest absolute Gasteiger partial charge is 0.329 e. The van der Waals surface area contributed by atoms with Crippen molar-refractivity contribution < 1.29 is 14.7 Å². The number of hydrogen-bond acceptors (Lipinski definition) is 4. The summed E-state index contributed by atoms with van der Waals surface area (Å²) >= 11 is 3.35. The normalized spacial score (nSPS) is 23.4. The van der Waals surface area contributed by atoms with Crippen LogP contribution < -0.4 is 5.32 Å². The number of aliphatic carboxylic acids is 1. The van der Waals surface area contributed by atoms with Crippen LogP contribution in [0.25, 0.3) is 0 Å². The van der Waals surface area contributed by atoms with Gasteiger partial charge in [-0.1, -0.05) is 24.3 Å². The lowest BCUT2D eigenvalue weighted by molar-refractivity contribution is -0.148. The summed E-state index contributed by atoms with van der Waals surface area (Å²) in [6, 6.07) is 7.96. The Bertz CT molecular complexity index is 585. The summed E-state index contributed by atoms with van der Waals surface area (Å²) in [5.74, 6) is 1.38. The Morgan fingerprint density at radius 3 is 2.64 bits per heavy atom. The number of thioether (sulfide) groups is 2. The number of carbonyl (C=O) groups is 2. The van der Waals surface area contributed by atoms with Crippen molar-refractivity contribution >= 4 is 35.4 Å². The molecule has 2 aliphatic rings. The molecule has 1 saturated heterocycles. The largest absolute Gasteiger partial charge is 0.480 e. The maximum Gasteiger partial charge on any atom is 0.329 e. The van der Waals surface area contributed by atoms with Crippen molar-refractivity contribution in [3.63, 3.8) is 0 Å². The van der Waals surface area contributed by atoms with Crippen LogP contribution >= 0.6 is 23.5 Å². The van der Waals surface area contributed by atoms with E-state index < -0.39 is 11.5 Å². The second kappa shape index (κ2) is 6.54. The minimum Gasteiger partial charge on any atom is -0.480 e. The summed E-state index contributed by atoms with van der Waals surface area (Å²) in [5, 5.41) is 12.2. The summed E-state index contributed by atoms with van der Waals surface area (Å²) in [6.07, 6.45) is 1.96. The van der Waals surface area contributed by atoms with E-state index in [2.05, 4.69) is 11.4 Å². The van der Waals surface area contributed by atoms with Crippen LogP contribution in [0.3, 0.4) is 0 Å². The average molecular weight is 337 g/mol. The molecule has 6 heteroatoms. The molecule has 1 aromatic rings. The van der Waals surface area contributed by atoms with Gasteiger partial charge in [0, 0.05) is 0 Å². The van der Waals surface area contributed by atoms with Gasteiger partial charge in [-0.25, -0.2) is 4.79 Å². The molecular weight excluding hydrogens is 318 g/mol. The first-order valence-electron chi connectivity index (χ1n) is 7.45. The molecule has 0 aliphatic carbocycles. The molecule has 3 rings (SSSR count). The van der Waals surface area contributed by atoms with Gasteiger partial charge in [0.15, 0.2) is 0 Å². The molecule has 0 radical (unpaired) electrons. The van der Waals surface area contributed by atoms with E-state index in [1.807, 2.05) is 18.2 Å². The average Bonchev–Trinajstić information content (AvgIpc) is 2.55. The van der Waals surface area contributed by atoms with Gasteiger partial charge in [0.2, 0.25) is 5.91 Å². The van der Waals surface area contributed by atoms with Crippen molar-refractivity contribution in [3.05, 3.63) is 35.4 Å². The van der Waals surface area contributed by atoms with Gasteiger partial charge in [-0.05, 0) is 47.6 Å². The van der Waals surface area contributed by atoms with Gasteiger partial charge in [-0.3, -0.25) is 4.79 Å². The summed E-state index contributed by atoms with van der Waals surface area (Å²) in [4.78, 5) is 24.4. The molecule has 1 fully saturated rings. The van der Waals surface area contributed by atoms with Crippen LogP contribution in [-0.4, -0.2) is 39.8 Å².